The minimum Gasteiger partial charge on any atom is -0.465 e. The maximum absolute atomic E-state index is 14.0. The van der Waals surface area contributed by atoms with Crippen LogP contribution in [0.4, 0.5) is 18.0 Å². The van der Waals surface area contributed by atoms with E-state index in [9.17, 15) is 23.1 Å². The van der Waals surface area contributed by atoms with Crippen LogP contribution in [0.15, 0.2) is 18.2 Å². The Balaban J connectivity index is 1.57. The van der Waals surface area contributed by atoms with Crippen LogP contribution in [0.1, 0.15) is 48.3 Å². The SMILES string of the molecule is O=C(O)N1CCn2c(C3CC3)nc(I)c2C1CCc1ccc(OC(F)F)c(F)c1. The van der Waals surface area contributed by atoms with Crippen LogP contribution in [0.5, 0.6) is 5.75 Å². The minimum atomic E-state index is -3.09. The molecule has 2 aliphatic rings. The van der Waals surface area contributed by atoms with Crippen LogP contribution < -0.4 is 4.74 Å². The minimum absolute atomic E-state index is 0.370. The molecule has 2 aromatic rings. The first-order valence-electron chi connectivity index (χ1n) is 9.33. The van der Waals surface area contributed by atoms with E-state index in [2.05, 4.69) is 36.9 Å². The molecule has 1 atom stereocenters. The van der Waals surface area contributed by atoms with Gasteiger partial charge in [-0.1, -0.05) is 6.07 Å². The fourth-order valence-electron chi connectivity index (χ4n) is 3.89. The Hall–Kier alpha value is -1.98. The van der Waals surface area contributed by atoms with Crippen molar-refractivity contribution in [3.8, 4) is 5.75 Å². The number of imidazole rings is 1. The third-order valence-electron chi connectivity index (χ3n) is 5.35. The van der Waals surface area contributed by atoms with E-state index in [-0.39, 0.29) is 0 Å². The molecule has 1 fully saturated rings. The number of halogens is 4. The van der Waals surface area contributed by atoms with Crippen LogP contribution in [-0.4, -0.2) is 38.8 Å². The number of benzene rings is 1. The van der Waals surface area contributed by atoms with Crippen LogP contribution in [0.2, 0.25) is 0 Å². The van der Waals surface area contributed by atoms with Crippen molar-refractivity contribution in [2.75, 3.05) is 6.54 Å². The number of ether oxygens (including phenoxy) is 1. The maximum atomic E-state index is 14.0. The number of aryl methyl sites for hydroxylation is 1. The zero-order chi connectivity index (χ0) is 20.7. The van der Waals surface area contributed by atoms with Crippen LogP contribution >= 0.6 is 22.6 Å². The normalized spacial score (nSPS) is 18.8. The predicted octanol–water partition coefficient (Wildman–Crippen LogP) is 4.77. The van der Waals surface area contributed by atoms with Crippen LogP contribution in [0, 0.1) is 9.52 Å². The van der Waals surface area contributed by atoms with E-state index in [1.54, 1.807) is 0 Å². The second-order valence-corrected chi connectivity index (χ2v) is 8.27. The van der Waals surface area contributed by atoms with Crippen molar-refractivity contribution >= 4 is 28.7 Å². The molecule has 2 heterocycles. The fourth-order valence-corrected chi connectivity index (χ4v) is 4.78. The first-order chi connectivity index (χ1) is 13.8. The second-order valence-electron chi connectivity index (χ2n) is 7.25. The van der Waals surface area contributed by atoms with Crippen molar-refractivity contribution in [3.63, 3.8) is 0 Å². The summed E-state index contributed by atoms with van der Waals surface area (Å²) in [4.78, 5) is 17.9. The monoisotopic (exact) mass is 521 g/mol. The summed E-state index contributed by atoms with van der Waals surface area (Å²) < 4.78 is 45.7. The number of amides is 1. The molecule has 10 heteroatoms. The van der Waals surface area contributed by atoms with Gasteiger partial charge in [0.25, 0.3) is 0 Å². The quantitative estimate of drug-likeness (QED) is 0.557. The number of rotatable bonds is 6. The Morgan fingerprint density at radius 2 is 2.10 bits per heavy atom. The van der Waals surface area contributed by atoms with Gasteiger partial charge < -0.3 is 14.4 Å². The molecule has 0 spiro atoms. The van der Waals surface area contributed by atoms with E-state index >= 15 is 0 Å². The van der Waals surface area contributed by atoms with Crippen molar-refractivity contribution in [1.29, 1.82) is 0 Å². The van der Waals surface area contributed by atoms with Gasteiger partial charge in [0.05, 0.1) is 11.7 Å². The Labute approximate surface area is 178 Å². The first kappa shape index (κ1) is 20.3. The van der Waals surface area contributed by atoms with Gasteiger partial charge >= 0.3 is 12.7 Å². The van der Waals surface area contributed by atoms with Gasteiger partial charge in [0.15, 0.2) is 11.6 Å². The molecule has 0 radical (unpaired) electrons. The number of aromatic nitrogens is 2. The van der Waals surface area contributed by atoms with E-state index < -0.39 is 30.3 Å². The molecule has 1 saturated carbocycles. The summed E-state index contributed by atoms with van der Waals surface area (Å²) in [6, 6.07) is 3.45. The number of fused-ring (bicyclic) bond motifs is 1. The predicted molar refractivity (Wildman–Crippen MR) is 106 cm³/mol. The lowest BCUT2D eigenvalue weighted by Crippen LogP contribution is -2.42. The maximum Gasteiger partial charge on any atom is 0.407 e. The highest BCUT2D eigenvalue weighted by Crippen LogP contribution is 2.43. The second kappa shape index (κ2) is 8.04. The number of alkyl halides is 2. The molecule has 0 bridgehead atoms. The van der Waals surface area contributed by atoms with Gasteiger partial charge in [-0.2, -0.15) is 8.78 Å². The molecule has 4 rings (SSSR count). The van der Waals surface area contributed by atoms with Gasteiger partial charge in [-0.05, 0) is 66.0 Å². The molecule has 29 heavy (non-hydrogen) atoms. The largest absolute Gasteiger partial charge is 0.465 e. The van der Waals surface area contributed by atoms with Crippen molar-refractivity contribution < 1.29 is 27.8 Å². The number of hydrogen-bond acceptors (Lipinski definition) is 3. The third kappa shape index (κ3) is 4.17. The summed E-state index contributed by atoms with van der Waals surface area (Å²) in [6.07, 6.45) is 2.03. The average Bonchev–Trinajstić information content (AvgIpc) is 3.45. The zero-order valence-electron chi connectivity index (χ0n) is 15.3. The number of carboxylic acid groups (broad SMARTS) is 1. The van der Waals surface area contributed by atoms with Gasteiger partial charge in [0.1, 0.15) is 9.53 Å². The lowest BCUT2D eigenvalue weighted by molar-refractivity contribution is -0.0522. The molecule has 1 N–H and O–H groups in total. The van der Waals surface area contributed by atoms with E-state index in [0.717, 1.165) is 34.1 Å². The van der Waals surface area contributed by atoms with Gasteiger partial charge in [-0.25, -0.2) is 14.2 Å². The smallest absolute Gasteiger partial charge is 0.407 e. The Morgan fingerprint density at radius 1 is 1.34 bits per heavy atom. The van der Waals surface area contributed by atoms with Gasteiger partial charge in [0, 0.05) is 19.0 Å². The third-order valence-corrected chi connectivity index (χ3v) is 6.15. The summed E-state index contributed by atoms with van der Waals surface area (Å²) in [5, 5.41) is 9.66. The summed E-state index contributed by atoms with van der Waals surface area (Å²) in [7, 11) is 0. The Bertz CT molecular complexity index is 933. The van der Waals surface area contributed by atoms with E-state index in [4.69, 9.17) is 0 Å². The molecule has 0 saturated heterocycles. The number of carbonyl (C=O) groups is 1. The standard InChI is InChI=1S/C19H19F3IN3O3/c20-12-9-10(2-6-14(12)29-18(21)22)1-5-13-15-16(23)24-17(11-3-4-11)26(15)8-7-25(13)19(27)28/h2,6,9,11,13,18H,1,3-5,7-8H2,(H,27,28). The molecule has 1 aliphatic carbocycles. The van der Waals surface area contributed by atoms with Gasteiger partial charge in [-0.15, -0.1) is 0 Å². The molecule has 1 aromatic heterocycles. The number of nitrogens with zero attached hydrogens (tertiary/aromatic N) is 3. The highest BCUT2D eigenvalue weighted by molar-refractivity contribution is 14.1. The lowest BCUT2D eigenvalue weighted by Gasteiger charge is -2.35. The lowest BCUT2D eigenvalue weighted by atomic mass is 10.00. The molecule has 6 nitrogen and oxygen atoms in total. The number of hydrogen-bond donors (Lipinski definition) is 1. The molecule has 1 unspecified atom stereocenters. The molecule has 1 aromatic carbocycles. The van der Waals surface area contributed by atoms with Crippen molar-refractivity contribution in [2.45, 2.75) is 50.8 Å². The Kier molecular flexibility index (Phi) is 5.63. The molecular formula is C19H19F3IN3O3. The molecular weight excluding hydrogens is 502 g/mol. The van der Waals surface area contributed by atoms with Crippen molar-refractivity contribution in [3.05, 3.63) is 44.8 Å². The summed E-state index contributed by atoms with van der Waals surface area (Å²) in [5.74, 6) is 0.109. The highest BCUT2D eigenvalue weighted by Gasteiger charge is 2.38. The summed E-state index contributed by atoms with van der Waals surface area (Å²) in [5.41, 5.74) is 1.47. The molecule has 156 valence electrons. The average molecular weight is 521 g/mol. The van der Waals surface area contributed by atoms with Crippen LogP contribution in [0.3, 0.4) is 0 Å². The van der Waals surface area contributed by atoms with E-state index in [0.29, 0.717) is 37.4 Å². The van der Waals surface area contributed by atoms with Gasteiger partial charge in [0.2, 0.25) is 0 Å². The van der Waals surface area contributed by atoms with E-state index in [1.165, 1.54) is 17.0 Å². The molecule has 1 aliphatic heterocycles. The summed E-state index contributed by atoms with van der Waals surface area (Å²) >= 11 is 2.15. The molecule has 1 amide bonds. The fraction of sp³-hybridized carbons (Fsp3) is 0.474. The topological polar surface area (TPSA) is 67.6 Å². The van der Waals surface area contributed by atoms with E-state index in [1.807, 2.05) is 0 Å². The summed E-state index contributed by atoms with van der Waals surface area (Å²) in [6.45, 7) is -2.15. The zero-order valence-corrected chi connectivity index (χ0v) is 17.5. The first-order valence-corrected chi connectivity index (χ1v) is 10.4. The van der Waals surface area contributed by atoms with Crippen LogP contribution in [0.25, 0.3) is 0 Å². The van der Waals surface area contributed by atoms with Crippen molar-refractivity contribution in [2.24, 2.45) is 0 Å². The van der Waals surface area contributed by atoms with Crippen LogP contribution in [-0.2, 0) is 13.0 Å². The Morgan fingerprint density at radius 3 is 2.72 bits per heavy atom. The van der Waals surface area contributed by atoms with Crippen molar-refractivity contribution in [1.82, 2.24) is 14.5 Å². The highest BCUT2D eigenvalue weighted by atomic mass is 127. The van der Waals surface area contributed by atoms with Gasteiger partial charge in [-0.3, -0.25) is 4.90 Å².